The molecule has 2 nitrogen and oxygen atoms in total. The van der Waals surface area contributed by atoms with Crippen LogP contribution in [0.2, 0.25) is 5.02 Å². The van der Waals surface area contributed by atoms with E-state index < -0.39 is 0 Å². The monoisotopic (exact) mass is 302 g/mol. The van der Waals surface area contributed by atoms with Gasteiger partial charge in [-0.25, -0.2) is 0 Å². The highest BCUT2D eigenvalue weighted by Crippen LogP contribution is 2.33. The third kappa shape index (κ3) is 2.44. The van der Waals surface area contributed by atoms with Crippen LogP contribution in [-0.2, 0) is 0 Å². The molecule has 1 atom stereocenters. The van der Waals surface area contributed by atoms with Crippen LogP contribution in [0.25, 0.3) is 10.9 Å². The molecule has 0 fully saturated rings. The van der Waals surface area contributed by atoms with Crippen molar-refractivity contribution in [1.82, 2.24) is 10.3 Å². The number of halogens is 1. The fourth-order valence-electron chi connectivity index (χ4n) is 2.39. The smallest absolute Gasteiger partial charge is 0.0705 e. The molecule has 3 aromatic rings. The van der Waals surface area contributed by atoms with Crippen molar-refractivity contribution in [2.45, 2.75) is 13.0 Å². The topological polar surface area (TPSA) is 24.9 Å². The first-order valence-corrected chi connectivity index (χ1v) is 7.72. The zero-order valence-electron chi connectivity index (χ0n) is 11.4. The van der Waals surface area contributed by atoms with Crippen molar-refractivity contribution in [2.24, 2.45) is 0 Å². The normalized spacial score (nSPS) is 12.8. The molecule has 0 spiro atoms. The summed E-state index contributed by atoms with van der Waals surface area (Å²) in [7, 11) is 1.96. The van der Waals surface area contributed by atoms with Crippen molar-refractivity contribution in [3.05, 3.63) is 62.9 Å². The van der Waals surface area contributed by atoms with Crippen LogP contribution in [0.4, 0.5) is 0 Å². The fraction of sp³-hybridized carbons (Fsp3) is 0.188. The second-order valence-corrected chi connectivity index (χ2v) is 6.11. The van der Waals surface area contributed by atoms with E-state index in [4.69, 9.17) is 11.6 Å². The van der Waals surface area contributed by atoms with Crippen molar-refractivity contribution in [2.75, 3.05) is 7.05 Å². The molecule has 0 amide bonds. The van der Waals surface area contributed by atoms with Gasteiger partial charge in [-0.3, -0.25) is 4.98 Å². The minimum absolute atomic E-state index is 0.119. The van der Waals surface area contributed by atoms with Gasteiger partial charge < -0.3 is 5.32 Å². The van der Waals surface area contributed by atoms with Gasteiger partial charge >= 0.3 is 0 Å². The van der Waals surface area contributed by atoms with Crippen molar-refractivity contribution in [3.63, 3.8) is 0 Å². The number of thiophene rings is 1. The summed E-state index contributed by atoms with van der Waals surface area (Å²) in [6, 6.07) is 12.6. The Bertz CT molecular complexity index is 751. The Labute approximate surface area is 127 Å². The molecular formula is C16H15ClN2S. The van der Waals surface area contributed by atoms with Gasteiger partial charge in [0.15, 0.2) is 0 Å². The zero-order valence-corrected chi connectivity index (χ0v) is 12.9. The minimum atomic E-state index is 0.119. The van der Waals surface area contributed by atoms with Gasteiger partial charge in [-0.15, -0.1) is 11.3 Å². The molecule has 0 aliphatic heterocycles. The lowest BCUT2D eigenvalue weighted by molar-refractivity contribution is 0.705. The van der Waals surface area contributed by atoms with Gasteiger partial charge in [-0.05, 0) is 49.2 Å². The first kappa shape index (κ1) is 13.6. The molecule has 0 aliphatic rings. The van der Waals surface area contributed by atoms with Crippen molar-refractivity contribution in [3.8, 4) is 0 Å². The van der Waals surface area contributed by atoms with Crippen LogP contribution in [-0.4, -0.2) is 12.0 Å². The SMILES string of the molecule is CNC(c1ccc2nc(C)ccc2c1)c1sccc1Cl. The van der Waals surface area contributed by atoms with Gasteiger partial charge in [0.25, 0.3) is 0 Å². The highest BCUT2D eigenvalue weighted by molar-refractivity contribution is 7.10. The number of aromatic nitrogens is 1. The van der Waals surface area contributed by atoms with Crippen LogP contribution >= 0.6 is 22.9 Å². The highest BCUT2D eigenvalue weighted by Gasteiger charge is 2.16. The molecule has 1 unspecified atom stereocenters. The summed E-state index contributed by atoms with van der Waals surface area (Å²) in [6.07, 6.45) is 0. The molecule has 4 heteroatoms. The van der Waals surface area contributed by atoms with E-state index in [9.17, 15) is 0 Å². The average Bonchev–Trinajstić information content (AvgIpc) is 2.86. The summed E-state index contributed by atoms with van der Waals surface area (Å²) in [6.45, 7) is 2.01. The van der Waals surface area contributed by atoms with Gasteiger partial charge in [0.1, 0.15) is 0 Å². The van der Waals surface area contributed by atoms with E-state index in [2.05, 4.69) is 34.6 Å². The predicted molar refractivity (Wildman–Crippen MR) is 86.7 cm³/mol. The lowest BCUT2D eigenvalue weighted by Gasteiger charge is -2.16. The fourth-order valence-corrected chi connectivity index (χ4v) is 3.69. The second kappa shape index (κ2) is 5.52. The average molecular weight is 303 g/mol. The Morgan fingerprint density at radius 1 is 1.20 bits per heavy atom. The molecule has 0 bridgehead atoms. The third-order valence-electron chi connectivity index (χ3n) is 3.38. The molecule has 1 N–H and O–H groups in total. The number of aryl methyl sites for hydroxylation is 1. The lowest BCUT2D eigenvalue weighted by atomic mass is 10.0. The Hall–Kier alpha value is -1.42. The second-order valence-electron chi connectivity index (χ2n) is 4.76. The summed E-state index contributed by atoms with van der Waals surface area (Å²) in [5.41, 5.74) is 3.27. The molecular weight excluding hydrogens is 288 g/mol. The molecule has 20 heavy (non-hydrogen) atoms. The number of fused-ring (bicyclic) bond motifs is 1. The van der Waals surface area contributed by atoms with E-state index in [1.54, 1.807) is 11.3 Å². The Morgan fingerprint density at radius 3 is 2.75 bits per heavy atom. The molecule has 0 saturated carbocycles. The summed E-state index contributed by atoms with van der Waals surface area (Å²) >= 11 is 7.94. The number of rotatable bonds is 3. The molecule has 0 aliphatic carbocycles. The van der Waals surface area contributed by atoms with Crippen molar-refractivity contribution < 1.29 is 0 Å². The molecule has 2 aromatic heterocycles. The highest BCUT2D eigenvalue weighted by atomic mass is 35.5. The summed E-state index contributed by atoms with van der Waals surface area (Å²) in [5, 5.41) is 7.33. The molecule has 2 heterocycles. The third-order valence-corrected chi connectivity index (χ3v) is 4.80. The van der Waals surface area contributed by atoms with E-state index >= 15 is 0 Å². The van der Waals surface area contributed by atoms with Crippen LogP contribution in [0.3, 0.4) is 0 Å². The standard InChI is InChI=1S/C16H15ClN2S/c1-10-3-4-11-9-12(5-6-14(11)19-10)15(18-2)16-13(17)7-8-20-16/h3-9,15,18H,1-2H3. The first-order valence-electron chi connectivity index (χ1n) is 6.46. The number of hydrogen-bond acceptors (Lipinski definition) is 3. The van der Waals surface area contributed by atoms with Crippen LogP contribution < -0.4 is 5.32 Å². The summed E-state index contributed by atoms with van der Waals surface area (Å²) < 4.78 is 0. The molecule has 3 rings (SSSR count). The number of pyridine rings is 1. The van der Waals surface area contributed by atoms with Crippen LogP contribution in [0.15, 0.2) is 41.8 Å². The van der Waals surface area contributed by atoms with Crippen molar-refractivity contribution >= 4 is 33.8 Å². The van der Waals surface area contributed by atoms with E-state index in [0.29, 0.717) is 0 Å². The molecule has 0 radical (unpaired) electrons. The lowest BCUT2D eigenvalue weighted by Crippen LogP contribution is -2.16. The molecule has 102 valence electrons. The van der Waals surface area contributed by atoms with E-state index in [0.717, 1.165) is 26.5 Å². The predicted octanol–water partition coefficient (Wildman–Crippen LogP) is 4.57. The number of nitrogens with one attached hydrogen (secondary N) is 1. The summed E-state index contributed by atoms with van der Waals surface area (Å²) in [5.74, 6) is 0. The van der Waals surface area contributed by atoms with Crippen LogP contribution in [0.5, 0.6) is 0 Å². The van der Waals surface area contributed by atoms with Crippen LogP contribution in [0, 0.1) is 6.92 Å². The molecule has 0 saturated heterocycles. The Balaban J connectivity index is 2.08. The Kier molecular flexibility index (Phi) is 3.74. The van der Waals surface area contributed by atoms with Gasteiger partial charge in [0.05, 0.1) is 16.6 Å². The zero-order chi connectivity index (χ0) is 14.1. The van der Waals surface area contributed by atoms with E-state index in [1.807, 2.05) is 31.5 Å². The minimum Gasteiger partial charge on any atom is -0.309 e. The van der Waals surface area contributed by atoms with Gasteiger partial charge in [-0.2, -0.15) is 0 Å². The number of nitrogens with zero attached hydrogens (tertiary/aromatic N) is 1. The summed E-state index contributed by atoms with van der Waals surface area (Å²) in [4.78, 5) is 5.69. The van der Waals surface area contributed by atoms with Crippen molar-refractivity contribution in [1.29, 1.82) is 0 Å². The maximum atomic E-state index is 6.26. The largest absolute Gasteiger partial charge is 0.309 e. The Morgan fingerprint density at radius 2 is 2.05 bits per heavy atom. The maximum Gasteiger partial charge on any atom is 0.0705 e. The van der Waals surface area contributed by atoms with Gasteiger partial charge in [0.2, 0.25) is 0 Å². The quantitative estimate of drug-likeness (QED) is 0.767. The number of hydrogen-bond donors (Lipinski definition) is 1. The van der Waals surface area contributed by atoms with E-state index in [1.165, 1.54) is 5.56 Å². The van der Waals surface area contributed by atoms with Crippen LogP contribution in [0.1, 0.15) is 22.2 Å². The van der Waals surface area contributed by atoms with Gasteiger partial charge in [0, 0.05) is 16.0 Å². The first-order chi connectivity index (χ1) is 9.69. The maximum absolute atomic E-state index is 6.26. The molecule has 1 aromatic carbocycles. The number of benzene rings is 1. The van der Waals surface area contributed by atoms with Gasteiger partial charge in [-0.1, -0.05) is 23.7 Å². The van der Waals surface area contributed by atoms with E-state index in [-0.39, 0.29) is 6.04 Å².